The van der Waals surface area contributed by atoms with E-state index in [9.17, 15) is 4.79 Å². The lowest BCUT2D eigenvalue weighted by atomic mass is 10.6. The lowest BCUT2D eigenvalue weighted by Gasteiger charge is -1.93. The maximum atomic E-state index is 11.0. The fourth-order valence-electron chi connectivity index (χ4n) is 0.637. The number of rotatable bonds is 4. The summed E-state index contributed by atoms with van der Waals surface area (Å²) in [6, 6.07) is 0. The summed E-state index contributed by atoms with van der Waals surface area (Å²) in [5.74, 6) is -0.447. The maximum absolute atomic E-state index is 11.0. The first kappa shape index (κ1) is 10.4. The Labute approximate surface area is 88.3 Å². The predicted octanol–water partition coefficient (Wildman–Crippen LogP) is 1.11. The lowest BCUT2D eigenvalue weighted by Crippen LogP contribution is -2.04. The van der Waals surface area contributed by atoms with Gasteiger partial charge >= 0.3 is 11.9 Å². The number of halogens is 1. The maximum Gasteiger partial charge on any atom is 0.397 e. The van der Waals surface area contributed by atoms with Crippen molar-refractivity contribution >= 4 is 29.0 Å². The molecule has 0 saturated heterocycles. The molecular formula is C6H7IN2O4. The second-order valence-corrected chi connectivity index (χ2v) is 2.61. The van der Waals surface area contributed by atoms with Gasteiger partial charge in [-0.25, -0.2) is 4.79 Å². The Morgan fingerprint density at radius 3 is 3.08 bits per heavy atom. The van der Waals surface area contributed by atoms with Gasteiger partial charge in [-0.1, -0.05) is 5.16 Å². The Bertz CT molecular complexity index is 288. The number of aromatic nitrogens is 2. The smallest absolute Gasteiger partial charge is 0.397 e. The van der Waals surface area contributed by atoms with E-state index in [0.29, 0.717) is 5.82 Å². The van der Waals surface area contributed by atoms with Crippen LogP contribution in [0.25, 0.3) is 0 Å². The first-order valence-corrected chi connectivity index (χ1v) is 4.39. The van der Waals surface area contributed by atoms with Crippen LogP contribution in [0.2, 0.25) is 0 Å². The van der Waals surface area contributed by atoms with Gasteiger partial charge in [-0.15, -0.1) is 0 Å². The van der Waals surface area contributed by atoms with Crippen molar-refractivity contribution in [2.75, 3.05) is 6.61 Å². The van der Waals surface area contributed by atoms with Gasteiger partial charge in [-0.05, 0) is 6.92 Å². The first-order valence-electron chi connectivity index (χ1n) is 3.51. The topological polar surface area (TPSA) is 74.5 Å². The van der Waals surface area contributed by atoms with Gasteiger partial charge in [0.05, 0.1) is 6.61 Å². The lowest BCUT2D eigenvalue weighted by molar-refractivity contribution is 0.0470. The van der Waals surface area contributed by atoms with Crippen LogP contribution in [0.5, 0.6) is 0 Å². The highest BCUT2D eigenvalue weighted by molar-refractivity contribution is 14.1. The van der Waals surface area contributed by atoms with Crippen LogP contribution in [-0.2, 0) is 14.4 Å². The molecule has 0 aliphatic heterocycles. The molecule has 0 aliphatic carbocycles. The summed E-state index contributed by atoms with van der Waals surface area (Å²) in [5, 5.41) is 3.49. The molecule has 0 radical (unpaired) electrons. The van der Waals surface area contributed by atoms with E-state index in [0.717, 1.165) is 0 Å². The molecule has 0 bridgehead atoms. The van der Waals surface area contributed by atoms with Crippen molar-refractivity contribution in [3.05, 3.63) is 11.7 Å². The molecule has 7 heteroatoms. The summed E-state index contributed by atoms with van der Waals surface area (Å²) in [6.07, 6.45) is 0. The van der Waals surface area contributed by atoms with Crippen molar-refractivity contribution in [1.29, 1.82) is 0 Å². The van der Waals surface area contributed by atoms with Crippen molar-refractivity contribution in [3.8, 4) is 0 Å². The SMILES string of the molecule is CCOC(=O)c1nc(COI)no1. The molecule has 0 saturated carbocycles. The molecule has 1 aromatic rings. The quantitative estimate of drug-likeness (QED) is 0.612. The van der Waals surface area contributed by atoms with Crippen LogP contribution in [-0.4, -0.2) is 22.7 Å². The molecule has 0 aliphatic rings. The number of esters is 1. The van der Waals surface area contributed by atoms with E-state index in [1.54, 1.807) is 29.9 Å². The molecule has 0 fully saturated rings. The Morgan fingerprint density at radius 1 is 1.69 bits per heavy atom. The zero-order valence-electron chi connectivity index (χ0n) is 6.82. The van der Waals surface area contributed by atoms with Gasteiger partial charge in [0, 0.05) is 0 Å². The molecule has 1 rings (SSSR count). The van der Waals surface area contributed by atoms with Crippen LogP contribution in [0, 0.1) is 0 Å². The number of carbonyl (C=O) groups excluding carboxylic acids is 1. The summed E-state index contributed by atoms with van der Waals surface area (Å²) in [6.45, 7) is 2.17. The summed E-state index contributed by atoms with van der Waals surface area (Å²) < 4.78 is 14.0. The Hall–Kier alpha value is -0.700. The van der Waals surface area contributed by atoms with Gasteiger partial charge in [0.15, 0.2) is 5.82 Å². The van der Waals surface area contributed by atoms with Crippen LogP contribution >= 0.6 is 23.0 Å². The van der Waals surface area contributed by atoms with E-state index in [1.165, 1.54) is 0 Å². The fourth-order valence-corrected chi connectivity index (χ4v) is 0.916. The van der Waals surface area contributed by atoms with Crippen molar-refractivity contribution in [1.82, 2.24) is 10.1 Å². The van der Waals surface area contributed by atoms with E-state index in [1.807, 2.05) is 0 Å². The summed E-state index contributed by atoms with van der Waals surface area (Å²) >= 11 is 1.70. The second-order valence-electron chi connectivity index (χ2n) is 1.99. The minimum Gasteiger partial charge on any atom is -0.459 e. The van der Waals surface area contributed by atoms with Gasteiger partial charge in [0.25, 0.3) is 0 Å². The monoisotopic (exact) mass is 298 g/mol. The molecule has 0 amide bonds. The van der Waals surface area contributed by atoms with Gasteiger partial charge in [-0.2, -0.15) is 4.98 Å². The molecule has 0 aromatic carbocycles. The average Bonchev–Trinajstić information content (AvgIpc) is 2.54. The molecule has 0 unspecified atom stereocenters. The standard InChI is InChI=1S/C6H7IN2O4/c1-2-11-6(10)5-8-4(3-12-7)9-13-5/h2-3H2,1H3. The summed E-state index contributed by atoms with van der Waals surface area (Å²) in [4.78, 5) is 14.7. The largest absolute Gasteiger partial charge is 0.459 e. The van der Waals surface area contributed by atoms with E-state index in [4.69, 9.17) is 3.07 Å². The highest BCUT2D eigenvalue weighted by Gasteiger charge is 2.15. The first-order chi connectivity index (χ1) is 6.27. The number of nitrogens with zero attached hydrogens (tertiary/aromatic N) is 2. The third kappa shape index (κ3) is 2.92. The normalized spacial score (nSPS) is 10.0. The molecule has 0 spiro atoms. The Morgan fingerprint density at radius 2 is 2.46 bits per heavy atom. The molecule has 0 atom stereocenters. The van der Waals surface area contributed by atoms with Gasteiger partial charge in [0.1, 0.15) is 29.6 Å². The van der Waals surface area contributed by atoms with Crippen molar-refractivity contribution in [2.45, 2.75) is 13.5 Å². The van der Waals surface area contributed by atoms with Gasteiger partial charge < -0.3 is 12.3 Å². The Kier molecular flexibility index (Phi) is 4.09. The zero-order chi connectivity index (χ0) is 9.68. The zero-order valence-corrected chi connectivity index (χ0v) is 8.98. The van der Waals surface area contributed by atoms with E-state index in [-0.39, 0.29) is 19.1 Å². The molecule has 72 valence electrons. The van der Waals surface area contributed by atoms with Crippen molar-refractivity contribution in [3.63, 3.8) is 0 Å². The third-order valence-electron chi connectivity index (χ3n) is 1.10. The van der Waals surface area contributed by atoms with E-state index < -0.39 is 5.97 Å². The van der Waals surface area contributed by atoms with Crippen LogP contribution in [0.15, 0.2) is 4.52 Å². The third-order valence-corrected chi connectivity index (χ3v) is 1.41. The average molecular weight is 298 g/mol. The number of hydrogen-bond acceptors (Lipinski definition) is 6. The molecular weight excluding hydrogens is 291 g/mol. The van der Waals surface area contributed by atoms with Gasteiger partial charge in [0.2, 0.25) is 0 Å². The van der Waals surface area contributed by atoms with Crippen LogP contribution in [0.4, 0.5) is 0 Å². The van der Waals surface area contributed by atoms with E-state index in [2.05, 4.69) is 19.4 Å². The fraction of sp³-hybridized carbons (Fsp3) is 0.500. The van der Waals surface area contributed by atoms with Crippen LogP contribution < -0.4 is 0 Å². The number of ether oxygens (including phenoxy) is 1. The van der Waals surface area contributed by atoms with Crippen molar-refractivity contribution < 1.29 is 17.1 Å². The minimum absolute atomic E-state index is 0.148. The van der Waals surface area contributed by atoms with Crippen molar-refractivity contribution in [2.24, 2.45) is 0 Å². The van der Waals surface area contributed by atoms with Gasteiger partial charge in [-0.3, -0.25) is 0 Å². The second kappa shape index (κ2) is 5.12. The van der Waals surface area contributed by atoms with E-state index >= 15 is 0 Å². The molecule has 1 aromatic heterocycles. The minimum atomic E-state index is -0.616. The Balaban J connectivity index is 2.62. The summed E-state index contributed by atoms with van der Waals surface area (Å²) in [7, 11) is 0. The number of carbonyl (C=O) groups is 1. The van der Waals surface area contributed by atoms with Crippen LogP contribution in [0.1, 0.15) is 23.4 Å². The molecule has 13 heavy (non-hydrogen) atoms. The number of hydrogen-bond donors (Lipinski definition) is 0. The summed E-state index contributed by atoms with van der Waals surface area (Å²) in [5.41, 5.74) is 0. The predicted molar refractivity (Wildman–Crippen MR) is 49.1 cm³/mol. The van der Waals surface area contributed by atoms with Crippen LogP contribution in [0.3, 0.4) is 0 Å². The molecule has 0 N–H and O–H groups in total. The molecule has 6 nitrogen and oxygen atoms in total. The highest BCUT2D eigenvalue weighted by atomic mass is 127. The highest BCUT2D eigenvalue weighted by Crippen LogP contribution is 2.02. The molecule has 1 heterocycles.